The molecule has 2 aromatic heterocycles. The fourth-order valence-corrected chi connectivity index (χ4v) is 3.71. The van der Waals surface area contributed by atoms with Crippen molar-refractivity contribution in [1.29, 1.82) is 0 Å². The van der Waals surface area contributed by atoms with Crippen molar-refractivity contribution in [2.75, 3.05) is 0 Å². The molecule has 7 nitrogen and oxygen atoms in total. The molecule has 0 radical (unpaired) electrons. The molecule has 1 unspecified atom stereocenters. The van der Waals surface area contributed by atoms with E-state index in [0.717, 1.165) is 24.8 Å². The Morgan fingerprint density at radius 1 is 1.30 bits per heavy atom. The fraction of sp³-hybridized carbons (Fsp3) is 0.400. The molecule has 140 valence electrons. The van der Waals surface area contributed by atoms with Crippen LogP contribution in [0.3, 0.4) is 0 Å². The molecule has 2 N–H and O–H groups in total. The second kappa shape index (κ2) is 6.33. The Bertz CT molecular complexity index is 1070. The predicted octanol–water partition coefficient (Wildman–Crippen LogP) is 2.68. The topological polar surface area (TPSA) is 92.7 Å². The van der Waals surface area contributed by atoms with Crippen LogP contribution in [0.2, 0.25) is 0 Å². The zero-order chi connectivity index (χ0) is 19.2. The van der Waals surface area contributed by atoms with Crippen LogP contribution >= 0.6 is 0 Å². The summed E-state index contributed by atoms with van der Waals surface area (Å²) in [6.07, 6.45) is 4.61. The second-order valence-corrected chi connectivity index (χ2v) is 7.98. The van der Waals surface area contributed by atoms with E-state index >= 15 is 0 Å². The van der Waals surface area contributed by atoms with Crippen LogP contribution in [0.5, 0.6) is 0 Å². The zero-order valence-electron chi connectivity index (χ0n) is 15.7. The van der Waals surface area contributed by atoms with Gasteiger partial charge in [0.25, 0.3) is 11.5 Å². The molecule has 4 rings (SSSR count). The van der Waals surface area contributed by atoms with Crippen molar-refractivity contribution < 1.29 is 4.79 Å². The van der Waals surface area contributed by atoms with Crippen molar-refractivity contribution >= 4 is 16.8 Å². The maximum Gasteiger partial charge on any atom is 0.287 e. The van der Waals surface area contributed by atoms with Gasteiger partial charge in [-0.2, -0.15) is 5.10 Å². The highest BCUT2D eigenvalue weighted by atomic mass is 16.2. The van der Waals surface area contributed by atoms with E-state index in [0.29, 0.717) is 10.9 Å². The fourth-order valence-electron chi connectivity index (χ4n) is 3.71. The van der Waals surface area contributed by atoms with Gasteiger partial charge in [0.05, 0.1) is 28.7 Å². The minimum absolute atomic E-state index is 0.0361. The van der Waals surface area contributed by atoms with Gasteiger partial charge in [-0.3, -0.25) is 14.3 Å². The SMILES string of the molecule is CC(C)(C)n1ncc2c1CCCC2NC(=O)c1nc2ccccc2c(=O)[nH]1. The van der Waals surface area contributed by atoms with Crippen molar-refractivity contribution in [3.63, 3.8) is 0 Å². The average Bonchev–Trinajstić information content (AvgIpc) is 3.07. The van der Waals surface area contributed by atoms with Crippen LogP contribution in [-0.4, -0.2) is 25.7 Å². The van der Waals surface area contributed by atoms with Gasteiger partial charge in [0.15, 0.2) is 5.82 Å². The standard InChI is InChI=1S/C20H23N5O2/c1-20(2,3)25-16-10-6-9-15(13(16)11-21-25)23-19(27)17-22-14-8-5-4-7-12(14)18(26)24-17/h4-5,7-8,11,15H,6,9-10H2,1-3H3,(H,23,27)(H,22,24,26). The number of carbonyl (C=O) groups is 1. The molecule has 27 heavy (non-hydrogen) atoms. The van der Waals surface area contributed by atoms with Gasteiger partial charge in [-0.05, 0) is 52.2 Å². The third kappa shape index (κ3) is 3.13. The van der Waals surface area contributed by atoms with Gasteiger partial charge in [0.2, 0.25) is 0 Å². The normalized spacial score (nSPS) is 16.9. The zero-order valence-corrected chi connectivity index (χ0v) is 15.7. The molecule has 1 amide bonds. The summed E-state index contributed by atoms with van der Waals surface area (Å²) in [6, 6.07) is 6.86. The molecule has 0 fully saturated rings. The van der Waals surface area contributed by atoms with E-state index in [2.05, 4.69) is 41.2 Å². The predicted molar refractivity (Wildman–Crippen MR) is 103 cm³/mol. The maximum atomic E-state index is 12.8. The third-order valence-electron chi connectivity index (χ3n) is 4.95. The number of nitrogens with zero attached hydrogens (tertiary/aromatic N) is 3. The Balaban J connectivity index is 1.64. The minimum Gasteiger partial charge on any atom is -0.342 e. The maximum absolute atomic E-state index is 12.8. The highest BCUT2D eigenvalue weighted by Crippen LogP contribution is 2.32. The summed E-state index contributed by atoms with van der Waals surface area (Å²) < 4.78 is 2.04. The summed E-state index contributed by atoms with van der Waals surface area (Å²) in [5.41, 5.74) is 2.31. The van der Waals surface area contributed by atoms with E-state index in [1.165, 1.54) is 5.69 Å². The van der Waals surface area contributed by atoms with Gasteiger partial charge >= 0.3 is 0 Å². The van der Waals surface area contributed by atoms with E-state index < -0.39 is 0 Å². The number of H-pyrrole nitrogens is 1. The van der Waals surface area contributed by atoms with E-state index in [1.54, 1.807) is 24.3 Å². The second-order valence-electron chi connectivity index (χ2n) is 7.98. The quantitative estimate of drug-likeness (QED) is 0.730. The molecule has 1 aliphatic carbocycles. The highest BCUT2D eigenvalue weighted by molar-refractivity contribution is 5.92. The number of aromatic nitrogens is 4. The molecule has 0 aliphatic heterocycles. The van der Waals surface area contributed by atoms with Gasteiger partial charge in [0, 0.05) is 11.3 Å². The molecule has 0 saturated carbocycles. The van der Waals surface area contributed by atoms with Crippen LogP contribution in [0.1, 0.15) is 61.5 Å². The first-order valence-electron chi connectivity index (χ1n) is 9.22. The number of para-hydroxylation sites is 1. The van der Waals surface area contributed by atoms with Crippen LogP contribution < -0.4 is 10.9 Å². The first kappa shape index (κ1) is 17.5. The molecule has 2 heterocycles. The van der Waals surface area contributed by atoms with Crippen molar-refractivity contribution in [1.82, 2.24) is 25.1 Å². The number of aromatic amines is 1. The minimum atomic E-state index is -0.376. The van der Waals surface area contributed by atoms with E-state index in [9.17, 15) is 9.59 Å². The first-order chi connectivity index (χ1) is 12.8. The number of rotatable bonds is 2. The average molecular weight is 365 g/mol. The van der Waals surface area contributed by atoms with Crippen LogP contribution in [-0.2, 0) is 12.0 Å². The summed E-state index contributed by atoms with van der Waals surface area (Å²) in [6.45, 7) is 6.35. The summed E-state index contributed by atoms with van der Waals surface area (Å²) >= 11 is 0. The Kier molecular flexibility index (Phi) is 4.09. The number of fused-ring (bicyclic) bond motifs is 2. The lowest BCUT2D eigenvalue weighted by Crippen LogP contribution is -2.34. The molecule has 1 atom stereocenters. The Morgan fingerprint density at radius 2 is 2.07 bits per heavy atom. The number of nitrogens with one attached hydrogen (secondary N) is 2. The molecule has 1 aliphatic rings. The Morgan fingerprint density at radius 3 is 2.85 bits per heavy atom. The number of hydrogen-bond acceptors (Lipinski definition) is 4. The van der Waals surface area contributed by atoms with Gasteiger partial charge in [-0.1, -0.05) is 12.1 Å². The van der Waals surface area contributed by atoms with Gasteiger partial charge in [-0.15, -0.1) is 0 Å². The summed E-state index contributed by atoms with van der Waals surface area (Å²) in [4.78, 5) is 31.9. The van der Waals surface area contributed by atoms with Crippen molar-refractivity contribution in [3.8, 4) is 0 Å². The van der Waals surface area contributed by atoms with Crippen molar-refractivity contribution in [3.05, 3.63) is 57.9 Å². The highest BCUT2D eigenvalue weighted by Gasteiger charge is 2.29. The lowest BCUT2D eigenvalue weighted by atomic mass is 9.92. The van der Waals surface area contributed by atoms with Crippen LogP contribution in [0.25, 0.3) is 10.9 Å². The number of carbonyl (C=O) groups excluding carboxylic acids is 1. The number of benzene rings is 1. The molecule has 1 aromatic carbocycles. The molecular formula is C20H23N5O2. The Labute approximate surface area is 156 Å². The van der Waals surface area contributed by atoms with E-state index in [-0.39, 0.29) is 28.9 Å². The molecule has 0 spiro atoms. The largest absolute Gasteiger partial charge is 0.342 e. The molecule has 3 aromatic rings. The monoisotopic (exact) mass is 365 g/mol. The number of amides is 1. The molecule has 0 saturated heterocycles. The Hall–Kier alpha value is -2.96. The molecule has 7 heteroatoms. The third-order valence-corrected chi connectivity index (χ3v) is 4.95. The van der Waals surface area contributed by atoms with E-state index in [1.807, 2.05) is 10.9 Å². The summed E-state index contributed by atoms with van der Waals surface area (Å²) in [5.74, 6) is -0.340. The molecule has 0 bridgehead atoms. The van der Waals surface area contributed by atoms with Gasteiger partial charge in [-0.25, -0.2) is 4.98 Å². The number of hydrogen-bond donors (Lipinski definition) is 2. The summed E-state index contributed by atoms with van der Waals surface area (Å²) in [7, 11) is 0. The first-order valence-corrected chi connectivity index (χ1v) is 9.22. The van der Waals surface area contributed by atoms with Crippen molar-refractivity contribution in [2.45, 2.75) is 51.6 Å². The summed E-state index contributed by atoms with van der Waals surface area (Å²) in [5, 5.41) is 8.04. The van der Waals surface area contributed by atoms with E-state index in [4.69, 9.17) is 0 Å². The van der Waals surface area contributed by atoms with Crippen LogP contribution in [0.4, 0.5) is 0 Å². The molecular weight excluding hydrogens is 342 g/mol. The van der Waals surface area contributed by atoms with Gasteiger partial charge < -0.3 is 10.3 Å². The smallest absolute Gasteiger partial charge is 0.287 e. The van der Waals surface area contributed by atoms with Gasteiger partial charge in [0.1, 0.15) is 0 Å². The van der Waals surface area contributed by atoms with Crippen molar-refractivity contribution in [2.24, 2.45) is 0 Å². The lowest BCUT2D eigenvalue weighted by molar-refractivity contribution is 0.0922. The lowest BCUT2D eigenvalue weighted by Gasteiger charge is -2.28. The van der Waals surface area contributed by atoms with Crippen LogP contribution in [0, 0.1) is 0 Å². The van der Waals surface area contributed by atoms with Crippen LogP contribution in [0.15, 0.2) is 35.3 Å².